The van der Waals surface area contributed by atoms with Crippen LogP contribution in [-0.2, 0) is 11.2 Å². The summed E-state index contributed by atoms with van der Waals surface area (Å²) in [6, 6.07) is 6.11. The number of carbonyl (C=O) groups is 1. The summed E-state index contributed by atoms with van der Waals surface area (Å²) in [4.78, 5) is 14.2. The van der Waals surface area contributed by atoms with Crippen LogP contribution in [0.25, 0.3) is 0 Å². The Bertz CT molecular complexity index is 465. The molecule has 1 N–H and O–H groups in total. The minimum atomic E-state index is 0.157. The summed E-state index contributed by atoms with van der Waals surface area (Å²) >= 11 is 3.43. The highest BCUT2D eigenvalue weighted by Gasteiger charge is 2.21. The van der Waals surface area contributed by atoms with Crippen LogP contribution < -0.4 is 10.1 Å². The van der Waals surface area contributed by atoms with Crippen LogP contribution in [0.5, 0.6) is 5.75 Å². The second kappa shape index (κ2) is 6.39. The van der Waals surface area contributed by atoms with Crippen LogP contribution in [-0.4, -0.2) is 43.6 Å². The number of methoxy groups -OCH3 is 1. The van der Waals surface area contributed by atoms with Gasteiger partial charge in [-0.25, -0.2) is 0 Å². The maximum Gasteiger partial charge on any atom is 0.227 e. The molecule has 104 valence electrons. The zero-order chi connectivity index (χ0) is 13.8. The fourth-order valence-electron chi connectivity index (χ4n) is 2.32. The third-order valence-electron chi connectivity index (χ3n) is 3.31. The number of halogens is 1. The summed E-state index contributed by atoms with van der Waals surface area (Å²) < 4.78 is 6.27. The Kier molecular flexibility index (Phi) is 4.82. The Morgan fingerprint density at radius 2 is 2.37 bits per heavy atom. The maximum atomic E-state index is 12.3. The van der Waals surface area contributed by atoms with Gasteiger partial charge < -0.3 is 15.0 Å². The number of hydrogen-bond donors (Lipinski definition) is 1. The van der Waals surface area contributed by atoms with Gasteiger partial charge in [0.1, 0.15) is 5.75 Å². The number of benzene rings is 1. The zero-order valence-electron chi connectivity index (χ0n) is 11.3. The van der Waals surface area contributed by atoms with Gasteiger partial charge in [0.05, 0.1) is 13.5 Å². The van der Waals surface area contributed by atoms with Crippen molar-refractivity contribution >= 4 is 21.8 Å². The van der Waals surface area contributed by atoms with E-state index in [0.717, 1.165) is 35.4 Å². The molecule has 1 atom stereocenters. The molecule has 0 aliphatic carbocycles. The van der Waals surface area contributed by atoms with E-state index in [2.05, 4.69) is 28.2 Å². The predicted octanol–water partition coefficient (Wildman–Crippen LogP) is 1.82. The largest absolute Gasteiger partial charge is 0.496 e. The van der Waals surface area contributed by atoms with E-state index < -0.39 is 0 Å². The molecular weight excluding hydrogens is 308 g/mol. The molecule has 1 heterocycles. The van der Waals surface area contributed by atoms with Gasteiger partial charge in [0, 0.05) is 35.7 Å². The second-order valence-electron chi connectivity index (χ2n) is 4.83. The Labute approximate surface area is 122 Å². The standard InChI is InChI=1S/C14H19BrN2O2/c1-10-9-17(6-5-16-10)14(18)8-11-7-12(15)3-4-13(11)19-2/h3-4,7,10,16H,5-6,8-9H2,1-2H3. The molecule has 0 aromatic heterocycles. The van der Waals surface area contributed by atoms with Crippen molar-refractivity contribution in [1.29, 1.82) is 0 Å². The average Bonchev–Trinajstić information content (AvgIpc) is 2.39. The minimum Gasteiger partial charge on any atom is -0.496 e. The quantitative estimate of drug-likeness (QED) is 0.921. The van der Waals surface area contributed by atoms with E-state index >= 15 is 0 Å². The van der Waals surface area contributed by atoms with Gasteiger partial charge in [-0.2, -0.15) is 0 Å². The van der Waals surface area contributed by atoms with E-state index in [1.807, 2.05) is 23.1 Å². The fourth-order valence-corrected chi connectivity index (χ4v) is 2.73. The molecule has 1 unspecified atom stereocenters. The van der Waals surface area contributed by atoms with Crippen LogP contribution in [0.3, 0.4) is 0 Å². The highest BCUT2D eigenvalue weighted by Crippen LogP contribution is 2.24. The lowest BCUT2D eigenvalue weighted by atomic mass is 10.1. The number of hydrogen-bond acceptors (Lipinski definition) is 3. The topological polar surface area (TPSA) is 41.6 Å². The van der Waals surface area contributed by atoms with E-state index in [1.165, 1.54) is 0 Å². The van der Waals surface area contributed by atoms with Gasteiger partial charge in [-0.3, -0.25) is 4.79 Å². The molecule has 0 radical (unpaired) electrons. The number of amides is 1. The first-order chi connectivity index (χ1) is 9.10. The summed E-state index contributed by atoms with van der Waals surface area (Å²) in [6.45, 7) is 4.51. The van der Waals surface area contributed by atoms with E-state index in [4.69, 9.17) is 4.74 Å². The van der Waals surface area contributed by atoms with Crippen LogP contribution in [0, 0.1) is 0 Å². The van der Waals surface area contributed by atoms with Crippen LogP contribution in [0.1, 0.15) is 12.5 Å². The van der Waals surface area contributed by atoms with Crippen molar-refractivity contribution < 1.29 is 9.53 Å². The lowest BCUT2D eigenvalue weighted by molar-refractivity contribution is -0.131. The first-order valence-corrected chi connectivity index (χ1v) is 7.23. The number of ether oxygens (including phenoxy) is 1. The summed E-state index contributed by atoms with van der Waals surface area (Å²) in [5.41, 5.74) is 0.924. The molecule has 0 bridgehead atoms. The molecule has 19 heavy (non-hydrogen) atoms. The Morgan fingerprint density at radius 3 is 3.05 bits per heavy atom. The van der Waals surface area contributed by atoms with Gasteiger partial charge in [-0.1, -0.05) is 15.9 Å². The third kappa shape index (κ3) is 3.70. The molecule has 2 rings (SSSR count). The average molecular weight is 327 g/mol. The molecular formula is C14H19BrN2O2. The molecule has 1 fully saturated rings. The van der Waals surface area contributed by atoms with Crippen molar-refractivity contribution in [2.45, 2.75) is 19.4 Å². The Hall–Kier alpha value is -1.07. The van der Waals surface area contributed by atoms with E-state index in [0.29, 0.717) is 12.5 Å². The summed E-state index contributed by atoms with van der Waals surface area (Å²) in [5.74, 6) is 0.921. The van der Waals surface area contributed by atoms with Crippen molar-refractivity contribution in [2.75, 3.05) is 26.7 Å². The third-order valence-corrected chi connectivity index (χ3v) is 3.80. The normalized spacial score (nSPS) is 19.3. The second-order valence-corrected chi connectivity index (χ2v) is 5.74. The highest BCUT2D eigenvalue weighted by atomic mass is 79.9. The molecule has 0 saturated carbocycles. The highest BCUT2D eigenvalue weighted by molar-refractivity contribution is 9.10. The molecule has 1 aromatic rings. The molecule has 0 spiro atoms. The van der Waals surface area contributed by atoms with E-state index in [-0.39, 0.29) is 5.91 Å². The van der Waals surface area contributed by atoms with Crippen LogP contribution in [0.4, 0.5) is 0 Å². The fraction of sp³-hybridized carbons (Fsp3) is 0.500. The summed E-state index contributed by atoms with van der Waals surface area (Å²) in [7, 11) is 1.63. The lowest BCUT2D eigenvalue weighted by Gasteiger charge is -2.32. The van der Waals surface area contributed by atoms with Gasteiger partial charge >= 0.3 is 0 Å². The monoisotopic (exact) mass is 326 g/mol. The molecule has 1 aromatic carbocycles. The number of piperazine rings is 1. The number of carbonyl (C=O) groups excluding carboxylic acids is 1. The lowest BCUT2D eigenvalue weighted by Crippen LogP contribution is -2.51. The first kappa shape index (κ1) is 14.3. The zero-order valence-corrected chi connectivity index (χ0v) is 12.9. The van der Waals surface area contributed by atoms with Crippen molar-refractivity contribution in [3.63, 3.8) is 0 Å². The Balaban J connectivity index is 2.07. The number of rotatable bonds is 3. The molecule has 5 heteroatoms. The summed E-state index contributed by atoms with van der Waals surface area (Å²) in [6.07, 6.45) is 0.384. The minimum absolute atomic E-state index is 0.157. The molecule has 1 aliphatic heterocycles. The van der Waals surface area contributed by atoms with Crippen molar-refractivity contribution in [3.8, 4) is 5.75 Å². The first-order valence-electron chi connectivity index (χ1n) is 6.43. The number of nitrogens with one attached hydrogen (secondary N) is 1. The molecule has 4 nitrogen and oxygen atoms in total. The van der Waals surface area contributed by atoms with Crippen LogP contribution >= 0.6 is 15.9 Å². The van der Waals surface area contributed by atoms with Crippen molar-refractivity contribution in [3.05, 3.63) is 28.2 Å². The van der Waals surface area contributed by atoms with Gasteiger partial charge in [-0.05, 0) is 25.1 Å². The molecule has 1 saturated heterocycles. The number of nitrogens with zero attached hydrogens (tertiary/aromatic N) is 1. The smallest absolute Gasteiger partial charge is 0.227 e. The van der Waals surface area contributed by atoms with Gasteiger partial charge in [0.25, 0.3) is 0 Å². The maximum absolute atomic E-state index is 12.3. The van der Waals surface area contributed by atoms with Crippen molar-refractivity contribution in [2.24, 2.45) is 0 Å². The van der Waals surface area contributed by atoms with Crippen LogP contribution in [0.2, 0.25) is 0 Å². The van der Waals surface area contributed by atoms with Crippen LogP contribution in [0.15, 0.2) is 22.7 Å². The van der Waals surface area contributed by atoms with Gasteiger partial charge in [-0.15, -0.1) is 0 Å². The predicted molar refractivity (Wildman–Crippen MR) is 78.4 cm³/mol. The molecule has 1 aliphatic rings. The van der Waals surface area contributed by atoms with Crippen molar-refractivity contribution in [1.82, 2.24) is 10.2 Å². The molecule has 1 amide bonds. The van der Waals surface area contributed by atoms with E-state index in [9.17, 15) is 4.79 Å². The van der Waals surface area contributed by atoms with E-state index in [1.54, 1.807) is 7.11 Å². The van der Waals surface area contributed by atoms with Gasteiger partial charge in [0.2, 0.25) is 5.91 Å². The van der Waals surface area contributed by atoms with Gasteiger partial charge in [0.15, 0.2) is 0 Å². The summed E-state index contributed by atoms with van der Waals surface area (Å²) in [5, 5.41) is 3.34. The SMILES string of the molecule is COc1ccc(Br)cc1CC(=O)N1CCNC(C)C1. The Morgan fingerprint density at radius 1 is 1.58 bits per heavy atom.